The van der Waals surface area contributed by atoms with E-state index in [1.165, 1.54) is 4.90 Å². The molecule has 0 fully saturated rings. The van der Waals surface area contributed by atoms with E-state index in [9.17, 15) is 12.9 Å². The number of rotatable bonds is 4. The molecule has 2 rings (SSSR count). The van der Waals surface area contributed by atoms with E-state index in [-0.39, 0.29) is 0 Å². The van der Waals surface area contributed by atoms with E-state index < -0.39 is 13.4 Å². The van der Waals surface area contributed by atoms with E-state index in [0.29, 0.717) is 12.2 Å². The third-order valence-electron chi connectivity index (χ3n) is 2.92. The molecule has 0 saturated heterocycles. The average molecular weight is 252 g/mol. The van der Waals surface area contributed by atoms with Crippen LogP contribution in [0.15, 0.2) is 42.5 Å². The van der Waals surface area contributed by atoms with Crippen LogP contribution in [-0.2, 0) is 0 Å². The van der Waals surface area contributed by atoms with Crippen LogP contribution in [0.5, 0.6) is 0 Å². The fourth-order valence-electron chi connectivity index (χ4n) is 2.13. The van der Waals surface area contributed by atoms with Crippen molar-refractivity contribution in [3.8, 4) is 0 Å². The molecule has 0 unspecified atom stereocenters. The van der Waals surface area contributed by atoms with Gasteiger partial charge in [-0.1, -0.05) is 36.4 Å². The smallest absolute Gasteiger partial charge is 0.448 e. The average Bonchev–Trinajstić information content (AvgIpc) is 2.34. The normalized spacial score (nSPS) is 11.8. The topological polar surface area (TPSA) is 3.24 Å². The zero-order chi connectivity index (χ0) is 13.2. The van der Waals surface area contributed by atoms with Crippen molar-refractivity contribution in [3.05, 3.63) is 42.5 Å². The molecule has 0 radical (unpaired) electrons. The lowest BCUT2D eigenvalue weighted by atomic mass is 9.90. The molecule has 0 aliphatic heterocycles. The van der Waals surface area contributed by atoms with Gasteiger partial charge in [0.2, 0.25) is 0 Å². The molecule has 0 heterocycles. The van der Waals surface area contributed by atoms with Crippen molar-refractivity contribution in [2.45, 2.75) is 6.92 Å². The lowest BCUT2D eigenvalue weighted by molar-refractivity contribution is 0.467. The van der Waals surface area contributed by atoms with Gasteiger partial charge in [-0.25, -0.2) is 0 Å². The Labute approximate surface area is 104 Å². The van der Waals surface area contributed by atoms with Crippen LogP contribution in [-0.4, -0.2) is 20.0 Å². The summed E-state index contributed by atoms with van der Waals surface area (Å²) >= 11 is 0. The molecule has 5 heteroatoms. The van der Waals surface area contributed by atoms with Gasteiger partial charge in [-0.3, -0.25) is 0 Å². The van der Waals surface area contributed by atoms with Gasteiger partial charge in [-0.2, -0.15) is 0 Å². The van der Waals surface area contributed by atoms with Gasteiger partial charge in [0.15, 0.2) is 0 Å². The summed E-state index contributed by atoms with van der Waals surface area (Å²) in [4.78, 5) is 1.38. The number of halogens is 3. The molecule has 0 N–H and O–H groups in total. The van der Waals surface area contributed by atoms with Crippen LogP contribution >= 0.6 is 0 Å². The van der Waals surface area contributed by atoms with Crippen molar-refractivity contribution in [1.29, 1.82) is 0 Å². The molecular formula is C13H14BF3N-. The summed E-state index contributed by atoms with van der Waals surface area (Å²) in [5, 5.41) is 1.82. The summed E-state index contributed by atoms with van der Waals surface area (Å²) < 4.78 is 37.8. The second-order valence-electron chi connectivity index (χ2n) is 4.25. The summed E-state index contributed by atoms with van der Waals surface area (Å²) in [6.07, 6.45) is -0.857. The number of hydrogen-bond donors (Lipinski definition) is 0. The number of fused-ring (bicyclic) bond motifs is 1. The molecule has 0 saturated carbocycles. The molecule has 96 valence electrons. The van der Waals surface area contributed by atoms with E-state index in [0.717, 1.165) is 10.8 Å². The van der Waals surface area contributed by atoms with E-state index in [1.807, 2.05) is 30.3 Å². The van der Waals surface area contributed by atoms with E-state index >= 15 is 0 Å². The van der Waals surface area contributed by atoms with Gasteiger partial charge < -0.3 is 17.8 Å². The highest BCUT2D eigenvalue weighted by Gasteiger charge is 2.26. The van der Waals surface area contributed by atoms with E-state index in [2.05, 4.69) is 0 Å². The summed E-state index contributed by atoms with van der Waals surface area (Å²) in [5.74, 6) is 0. The van der Waals surface area contributed by atoms with Gasteiger partial charge in [-0.15, -0.1) is 0 Å². The molecule has 0 bridgehead atoms. The molecule has 0 atom stereocenters. The quantitative estimate of drug-likeness (QED) is 0.742. The van der Waals surface area contributed by atoms with Gasteiger partial charge in [0.1, 0.15) is 0 Å². The third kappa shape index (κ3) is 2.78. The van der Waals surface area contributed by atoms with Crippen LogP contribution in [0.2, 0.25) is 0 Å². The second kappa shape index (κ2) is 4.92. The van der Waals surface area contributed by atoms with Crippen LogP contribution in [0.4, 0.5) is 18.6 Å². The van der Waals surface area contributed by atoms with Crippen LogP contribution < -0.4 is 4.90 Å². The Balaban J connectivity index is 2.45. The number of nitrogens with zero attached hydrogens (tertiary/aromatic N) is 1. The van der Waals surface area contributed by atoms with Crippen molar-refractivity contribution < 1.29 is 12.9 Å². The summed E-state index contributed by atoms with van der Waals surface area (Å²) in [5.41, 5.74) is 0.648. The predicted molar refractivity (Wildman–Crippen MR) is 70.9 cm³/mol. The number of anilines is 1. The molecule has 2 aromatic carbocycles. The maximum Gasteiger partial charge on any atom is 0.497 e. The highest BCUT2D eigenvalue weighted by atomic mass is 19.4. The maximum absolute atomic E-state index is 12.6. The van der Waals surface area contributed by atoms with Crippen LogP contribution in [0, 0.1) is 0 Å². The van der Waals surface area contributed by atoms with E-state index in [1.54, 1.807) is 19.1 Å². The lowest BCUT2D eigenvalue weighted by Crippen LogP contribution is -2.38. The molecule has 0 aliphatic carbocycles. The molecule has 0 spiro atoms. The van der Waals surface area contributed by atoms with Crippen molar-refractivity contribution >= 4 is 23.4 Å². The molecule has 0 amide bonds. The Morgan fingerprint density at radius 2 is 1.67 bits per heavy atom. The minimum Gasteiger partial charge on any atom is -0.448 e. The SMILES string of the molecule is CCN(C[B-](F)(F)F)c1cccc2ccccc12. The lowest BCUT2D eigenvalue weighted by Gasteiger charge is -2.29. The Bertz CT molecular complexity index is 534. The standard InChI is InChI=1S/C13H14BF3N/c1-2-18(10-14(15,16)17)13-9-5-7-11-6-3-4-8-12(11)13/h3-9H,2,10H2,1H3/q-1. The maximum atomic E-state index is 12.6. The zero-order valence-corrected chi connectivity index (χ0v) is 10.1. The minimum absolute atomic E-state index is 0.343. The Morgan fingerprint density at radius 1 is 1.00 bits per heavy atom. The number of hydrogen-bond acceptors (Lipinski definition) is 1. The monoisotopic (exact) mass is 252 g/mol. The summed E-state index contributed by atoms with van der Waals surface area (Å²) in [6.45, 7) is -2.73. The molecule has 1 nitrogen and oxygen atoms in total. The molecular weight excluding hydrogens is 238 g/mol. The Kier molecular flexibility index (Phi) is 3.50. The molecule has 0 aromatic heterocycles. The summed E-state index contributed by atoms with van der Waals surface area (Å²) in [6, 6.07) is 12.9. The van der Waals surface area contributed by atoms with Crippen molar-refractivity contribution in [3.63, 3.8) is 0 Å². The fourth-order valence-corrected chi connectivity index (χ4v) is 2.13. The van der Waals surface area contributed by atoms with Gasteiger partial charge in [0.25, 0.3) is 0 Å². The zero-order valence-electron chi connectivity index (χ0n) is 10.1. The predicted octanol–water partition coefficient (Wildman–Crippen LogP) is 4.05. The fraction of sp³-hybridized carbons (Fsp3) is 0.231. The first-order chi connectivity index (χ1) is 8.51. The van der Waals surface area contributed by atoms with Crippen molar-refractivity contribution in [1.82, 2.24) is 0 Å². The second-order valence-corrected chi connectivity index (χ2v) is 4.25. The summed E-state index contributed by atoms with van der Waals surface area (Å²) in [7, 11) is 0. The molecule has 18 heavy (non-hydrogen) atoms. The third-order valence-corrected chi connectivity index (χ3v) is 2.92. The van der Waals surface area contributed by atoms with Crippen LogP contribution in [0.3, 0.4) is 0 Å². The first kappa shape index (κ1) is 12.8. The van der Waals surface area contributed by atoms with Crippen LogP contribution in [0.25, 0.3) is 10.8 Å². The first-order valence-electron chi connectivity index (χ1n) is 5.95. The highest BCUT2D eigenvalue weighted by Crippen LogP contribution is 2.28. The van der Waals surface area contributed by atoms with Crippen molar-refractivity contribution in [2.24, 2.45) is 0 Å². The molecule has 2 aromatic rings. The minimum atomic E-state index is -4.82. The van der Waals surface area contributed by atoms with Crippen LogP contribution in [0.1, 0.15) is 6.92 Å². The van der Waals surface area contributed by atoms with Gasteiger partial charge in [-0.05, 0) is 24.8 Å². The highest BCUT2D eigenvalue weighted by molar-refractivity contribution is 6.59. The van der Waals surface area contributed by atoms with Gasteiger partial charge in [0, 0.05) is 17.6 Å². The van der Waals surface area contributed by atoms with Crippen molar-refractivity contribution in [2.75, 3.05) is 17.9 Å². The van der Waals surface area contributed by atoms with Gasteiger partial charge in [0.05, 0.1) is 0 Å². The first-order valence-corrected chi connectivity index (χ1v) is 5.95. The van der Waals surface area contributed by atoms with E-state index in [4.69, 9.17) is 0 Å². The Hall–Kier alpha value is -1.65. The molecule has 0 aliphatic rings. The van der Waals surface area contributed by atoms with Gasteiger partial charge >= 0.3 is 6.98 Å². The number of benzene rings is 2. The largest absolute Gasteiger partial charge is 0.497 e. The Morgan fingerprint density at radius 3 is 2.33 bits per heavy atom.